The molecule has 1 amide bonds. The number of hydrogen-bond donors (Lipinski definition) is 0. The summed E-state index contributed by atoms with van der Waals surface area (Å²) in [6, 6.07) is 18.2. The SMILES string of the molecule is C[C@H](Cc1ccccc1)N(C)C(=O)Oc1cccc([C@H](C)N(C)C)c1.Cl. The van der Waals surface area contributed by atoms with E-state index >= 15 is 0 Å². The van der Waals surface area contributed by atoms with Crippen molar-refractivity contribution in [3.63, 3.8) is 0 Å². The summed E-state index contributed by atoms with van der Waals surface area (Å²) >= 11 is 0. The molecule has 4 nitrogen and oxygen atoms in total. The highest BCUT2D eigenvalue weighted by atomic mass is 35.5. The summed E-state index contributed by atoms with van der Waals surface area (Å²) in [7, 11) is 5.84. The Morgan fingerprint density at radius 2 is 1.65 bits per heavy atom. The van der Waals surface area contributed by atoms with E-state index in [-0.39, 0.29) is 30.6 Å². The molecule has 0 bridgehead atoms. The van der Waals surface area contributed by atoms with Gasteiger partial charge < -0.3 is 14.5 Å². The quantitative estimate of drug-likeness (QED) is 0.726. The second-order valence-corrected chi connectivity index (χ2v) is 6.73. The van der Waals surface area contributed by atoms with Crippen LogP contribution in [-0.2, 0) is 6.42 Å². The molecule has 0 aromatic heterocycles. The number of likely N-dealkylation sites (N-methyl/N-ethyl adjacent to an activating group) is 1. The summed E-state index contributed by atoms with van der Waals surface area (Å²) in [6.07, 6.45) is 0.461. The fourth-order valence-corrected chi connectivity index (χ4v) is 2.58. The molecule has 2 aromatic carbocycles. The first-order chi connectivity index (χ1) is 11.9. The smallest absolute Gasteiger partial charge is 0.410 e. The van der Waals surface area contributed by atoms with Crippen LogP contribution >= 0.6 is 12.4 Å². The predicted molar refractivity (Wildman–Crippen MR) is 109 cm³/mol. The van der Waals surface area contributed by atoms with Crippen molar-refractivity contribution in [2.45, 2.75) is 32.4 Å². The van der Waals surface area contributed by atoms with Crippen LogP contribution in [0.5, 0.6) is 5.75 Å². The topological polar surface area (TPSA) is 32.8 Å². The zero-order valence-corrected chi connectivity index (χ0v) is 17.0. The van der Waals surface area contributed by atoms with Gasteiger partial charge in [-0.2, -0.15) is 0 Å². The van der Waals surface area contributed by atoms with Crippen molar-refractivity contribution in [2.75, 3.05) is 21.1 Å². The third kappa shape index (κ3) is 6.04. The van der Waals surface area contributed by atoms with Crippen molar-refractivity contribution in [3.8, 4) is 5.75 Å². The Balaban J connectivity index is 0.00000338. The molecule has 2 atom stereocenters. The van der Waals surface area contributed by atoms with Gasteiger partial charge in [-0.1, -0.05) is 42.5 Å². The fourth-order valence-electron chi connectivity index (χ4n) is 2.58. The summed E-state index contributed by atoms with van der Waals surface area (Å²) in [5, 5.41) is 0. The third-order valence-electron chi connectivity index (χ3n) is 4.64. The molecular formula is C21H29ClN2O2. The molecule has 26 heavy (non-hydrogen) atoms. The maximum atomic E-state index is 12.5. The molecule has 0 radical (unpaired) electrons. The molecule has 0 aliphatic heterocycles. The maximum Gasteiger partial charge on any atom is 0.415 e. The second kappa shape index (κ2) is 10.2. The lowest BCUT2D eigenvalue weighted by Crippen LogP contribution is -2.38. The summed E-state index contributed by atoms with van der Waals surface area (Å²) in [6.45, 7) is 4.15. The molecule has 0 heterocycles. The highest BCUT2D eigenvalue weighted by Gasteiger charge is 2.18. The average Bonchev–Trinajstić information content (AvgIpc) is 2.61. The van der Waals surface area contributed by atoms with E-state index < -0.39 is 0 Å². The molecular weight excluding hydrogens is 348 g/mol. The highest BCUT2D eigenvalue weighted by Crippen LogP contribution is 2.22. The van der Waals surface area contributed by atoms with Gasteiger partial charge in [0.05, 0.1) is 0 Å². The lowest BCUT2D eigenvalue weighted by molar-refractivity contribution is 0.148. The van der Waals surface area contributed by atoms with Crippen LogP contribution in [0.4, 0.5) is 4.79 Å². The van der Waals surface area contributed by atoms with Gasteiger partial charge in [-0.15, -0.1) is 12.4 Å². The van der Waals surface area contributed by atoms with Crippen LogP contribution in [0.2, 0.25) is 0 Å². The van der Waals surface area contributed by atoms with Gasteiger partial charge in [-0.25, -0.2) is 4.79 Å². The lowest BCUT2D eigenvalue weighted by atomic mass is 10.1. The van der Waals surface area contributed by atoms with Gasteiger partial charge in [-0.05, 0) is 57.6 Å². The van der Waals surface area contributed by atoms with Gasteiger partial charge in [0, 0.05) is 19.1 Å². The number of carbonyl (C=O) groups is 1. The number of halogens is 1. The number of hydrogen-bond acceptors (Lipinski definition) is 3. The largest absolute Gasteiger partial charge is 0.415 e. The first-order valence-electron chi connectivity index (χ1n) is 8.63. The van der Waals surface area contributed by atoms with Gasteiger partial charge >= 0.3 is 6.09 Å². The number of nitrogens with zero attached hydrogens (tertiary/aromatic N) is 2. The Bertz CT molecular complexity index is 691. The summed E-state index contributed by atoms with van der Waals surface area (Å²) in [4.78, 5) is 16.2. The van der Waals surface area contributed by atoms with E-state index in [9.17, 15) is 4.79 Å². The third-order valence-corrected chi connectivity index (χ3v) is 4.64. The van der Waals surface area contributed by atoms with E-state index in [1.807, 2.05) is 63.5 Å². The van der Waals surface area contributed by atoms with E-state index in [2.05, 4.69) is 24.0 Å². The minimum atomic E-state index is -0.335. The molecule has 0 aliphatic carbocycles. The van der Waals surface area contributed by atoms with E-state index in [4.69, 9.17) is 4.74 Å². The number of carbonyl (C=O) groups excluding carboxylic acids is 1. The Morgan fingerprint density at radius 3 is 2.27 bits per heavy atom. The summed E-state index contributed by atoms with van der Waals surface area (Å²) in [5.74, 6) is 0.579. The zero-order chi connectivity index (χ0) is 18.4. The van der Waals surface area contributed by atoms with Crippen molar-refractivity contribution in [1.29, 1.82) is 0 Å². The minimum absolute atomic E-state index is 0. The van der Waals surface area contributed by atoms with Crippen LogP contribution in [0.1, 0.15) is 31.0 Å². The van der Waals surface area contributed by atoms with E-state index in [0.717, 1.165) is 12.0 Å². The van der Waals surface area contributed by atoms with Crippen LogP contribution < -0.4 is 4.74 Å². The number of rotatable bonds is 6. The monoisotopic (exact) mass is 376 g/mol. The normalized spacial score (nSPS) is 12.8. The Labute approximate surface area is 163 Å². The van der Waals surface area contributed by atoms with Gasteiger partial charge in [0.1, 0.15) is 5.75 Å². The van der Waals surface area contributed by atoms with Crippen molar-refractivity contribution in [3.05, 3.63) is 65.7 Å². The second-order valence-electron chi connectivity index (χ2n) is 6.73. The average molecular weight is 377 g/mol. The summed E-state index contributed by atoms with van der Waals surface area (Å²) < 4.78 is 5.57. The number of amides is 1. The van der Waals surface area contributed by atoms with Gasteiger partial charge in [0.25, 0.3) is 0 Å². The first-order valence-corrected chi connectivity index (χ1v) is 8.63. The van der Waals surface area contributed by atoms with Crippen LogP contribution in [-0.4, -0.2) is 43.1 Å². The molecule has 5 heteroatoms. The van der Waals surface area contributed by atoms with Crippen molar-refractivity contribution >= 4 is 18.5 Å². The van der Waals surface area contributed by atoms with Crippen molar-refractivity contribution in [1.82, 2.24) is 9.80 Å². The molecule has 0 unspecified atom stereocenters. The molecule has 0 fully saturated rings. The molecule has 142 valence electrons. The van der Waals surface area contributed by atoms with Crippen molar-refractivity contribution < 1.29 is 9.53 Å². The van der Waals surface area contributed by atoms with Gasteiger partial charge in [0.2, 0.25) is 0 Å². The Kier molecular flexibility index (Phi) is 8.62. The number of ether oxygens (including phenoxy) is 1. The fraction of sp³-hybridized carbons (Fsp3) is 0.381. The summed E-state index contributed by atoms with van der Waals surface area (Å²) in [5.41, 5.74) is 2.33. The lowest BCUT2D eigenvalue weighted by Gasteiger charge is -2.25. The molecule has 0 saturated heterocycles. The molecule has 2 rings (SSSR count). The molecule has 0 saturated carbocycles. The predicted octanol–water partition coefficient (Wildman–Crippen LogP) is 4.79. The van der Waals surface area contributed by atoms with Crippen LogP contribution in [0, 0.1) is 0 Å². The Hall–Kier alpha value is -2.04. The maximum absolute atomic E-state index is 12.5. The van der Waals surface area contributed by atoms with E-state index in [1.54, 1.807) is 11.9 Å². The van der Waals surface area contributed by atoms with Crippen LogP contribution in [0.25, 0.3) is 0 Å². The Morgan fingerprint density at radius 1 is 1.00 bits per heavy atom. The first kappa shape index (κ1) is 22.0. The molecule has 0 aliphatic rings. The molecule has 2 aromatic rings. The van der Waals surface area contributed by atoms with Crippen LogP contribution in [0.15, 0.2) is 54.6 Å². The van der Waals surface area contributed by atoms with E-state index in [1.165, 1.54) is 5.56 Å². The number of benzene rings is 2. The zero-order valence-electron chi connectivity index (χ0n) is 16.2. The standard InChI is InChI=1S/C21H28N2O2.ClH/c1-16(14-18-10-7-6-8-11-18)23(5)21(24)25-20-13-9-12-19(15-20)17(2)22(3)4;/h6-13,15-17H,14H2,1-5H3;1H/t16-,17+;/m1./s1. The van der Waals surface area contributed by atoms with Gasteiger partial charge in [-0.3, -0.25) is 0 Å². The minimum Gasteiger partial charge on any atom is -0.410 e. The van der Waals surface area contributed by atoms with Crippen molar-refractivity contribution in [2.24, 2.45) is 0 Å². The molecule has 0 N–H and O–H groups in total. The van der Waals surface area contributed by atoms with E-state index in [0.29, 0.717) is 5.75 Å². The van der Waals surface area contributed by atoms with Crippen LogP contribution in [0.3, 0.4) is 0 Å². The van der Waals surface area contributed by atoms with Gasteiger partial charge in [0.15, 0.2) is 0 Å². The molecule has 0 spiro atoms. The highest BCUT2D eigenvalue weighted by molar-refractivity contribution is 5.85.